The van der Waals surface area contributed by atoms with Crippen LogP contribution in [0.1, 0.15) is 24.1 Å². The predicted molar refractivity (Wildman–Crippen MR) is 96.3 cm³/mol. The lowest BCUT2D eigenvalue weighted by molar-refractivity contribution is -0.139. The molecular formula is C20H20N2O4. The zero-order valence-corrected chi connectivity index (χ0v) is 14.4. The molecule has 2 amide bonds. The normalized spacial score (nSPS) is 16.7. The van der Waals surface area contributed by atoms with Gasteiger partial charge in [0.2, 0.25) is 0 Å². The fourth-order valence-electron chi connectivity index (χ4n) is 2.90. The minimum atomic E-state index is -0.680. The van der Waals surface area contributed by atoms with E-state index in [4.69, 9.17) is 4.74 Å². The molecule has 26 heavy (non-hydrogen) atoms. The van der Waals surface area contributed by atoms with Gasteiger partial charge in [0.15, 0.2) is 0 Å². The number of hydrogen-bond donors (Lipinski definition) is 3. The van der Waals surface area contributed by atoms with Crippen molar-refractivity contribution in [1.29, 1.82) is 0 Å². The average molecular weight is 352 g/mol. The maximum Gasteiger partial charge on any atom is 0.338 e. The Labute approximate surface area is 151 Å². The second-order valence-corrected chi connectivity index (χ2v) is 6.04. The van der Waals surface area contributed by atoms with Crippen LogP contribution in [0.25, 0.3) is 0 Å². The monoisotopic (exact) mass is 352 g/mol. The number of phenols is 1. The van der Waals surface area contributed by atoms with Gasteiger partial charge in [-0.15, -0.1) is 0 Å². The van der Waals surface area contributed by atoms with Gasteiger partial charge in [-0.3, -0.25) is 0 Å². The molecule has 3 rings (SSSR count). The average Bonchev–Trinajstić information content (AvgIpc) is 2.62. The molecule has 2 aromatic carbocycles. The molecule has 6 heteroatoms. The van der Waals surface area contributed by atoms with Crippen LogP contribution >= 0.6 is 0 Å². The molecule has 0 bridgehead atoms. The van der Waals surface area contributed by atoms with Crippen molar-refractivity contribution < 1.29 is 19.4 Å². The summed E-state index contributed by atoms with van der Waals surface area (Å²) in [5, 5.41) is 15.0. The molecular weight excluding hydrogens is 332 g/mol. The summed E-state index contributed by atoms with van der Waals surface area (Å²) in [6.45, 7) is 1.89. The van der Waals surface area contributed by atoms with Crippen molar-refractivity contribution in [3.63, 3.8) is 0 Å². The van der Waals surface area contributed by atoms with Crippen molar-refractivity contribution in [2.24, 2.45) is 0 Å². The van der Waals surface area contributed by atoms with Gasteiger partial charge in [0.05, 0.1) is 18.2 Å². The quantitative estimate of drug-likeness (QED) is 0.722. The van der Waals surface area contributed by atoms with Crippen LogP contribution in [0.5, 0.6) is 5.75 Å². The van der Waals surface area contributed by atoms with E-state index in [2.05, 4.69) is 10.6 Å². The van der Waals surface area contributed by atoms with Crippen molar-refractivity contribution in [1.82, 2.24) is 10.6 Å². The first-order valence-electron chi connectivity index (χ1n) is 8.33. The van der Waals surface area contributed by atoms with E-state index >= 15 is 0 Å². The molecule has 0 saturated carbocycles. The Bertz CT molecular complexity index is 846. The second kappa shape index (κ2) is 7.74. The number of aromatic hydroxyl groups is 1. The molecule has 0 aromatic heterocycles. The molecule has 1 aliphatic rings. The van der Waals surface area contributed by atoms with Gasteiger partial charge >= 0.3 is 12.0 Å². The van der Waals surface area contributed by atoms with Crippen molar-refractivity contribution in [3.8, 4) is 5.75 Å². The Morgan fingerprint density at radius 1 is 1.15 bits per heavy atom. The Kier molecular flexibility index (Phi) is 5.22. The highest BCUT2D eigenvalue weighted by molar-refractivity contribution is 5.95. The van der Waals surface area contributed by atoms with Gasteiger partial charge < -0.3 is 20.5 Å². The highest BCUT2D eigenvalue weighted by Gasteiger charge is 2.32. The summed E-state index contributed by atoms with van der Waals surface area (Å²) in [6, 6.07) is 15.1. The molecule has 1 aliphatic heterocycles. The van der Waals surface area contributed by atoms with E-state index in [9.17, 15) is 14.7 Å². The number of nitrogens with one attached hydrogen (secondary N) is 2. The number of allylic oxidation sites excluding steroid dienone is 1. The SMILES string of the molecule is CC1=C(C(=O)OCCc2ccccc2)[C@H](c2cccc(O)c2)NC(=O)N1. The molecule has 0 unspecified atom stereocenters. The van der Waals surface area contributed by atoms with Crippen LogP contribution in [0.3, 0.4) is 0 Å². The maximum absolute atomic E-state index is 12.6. The minimum absolute atomic E-state index is 0.0599. The van der Waals surface area contributed by atoms with E-state index in [-0.39, 0.29) is 12.4 Å². The third kappa shape index (κ3) is 4.03. The van der Waals surface area contributed by atoms with E-state index in [0.29, 0.717) is 23.3 Å². The highest BCUT2D eigenvalue weighted by atomic mass is 16.5. The number of carbonyl (C=O) groups is 2. The summed E-state index contributed by atoms with van der Waals surface area (Å²) in [7, 11) is 0. The molecule has 3 N–H and O–H groups in total. The minimum Gasteiger partial charge on any atom is -0.508 e. The first-order chi connectivity index (χ1) is 12.5. The van der Waals surface area contributed by atoms with Gasteiger partial charge in [-0.25, -0.2) is 9.59 Å². The molecule has 0 radical (unpaired) electrons. The number of ether oxygens (including phenoxy) is 1. The third-order valence-corrected chi connectivity index (χ3v) is 4.16. The number of hydrogen-bond acceptors (Lipinski definition) is 4. The smallest absolute Gasteiger partial charge is 0.338 e. The van der Waals surface area contributed by atoms with Gasteiger partial charge in [0.1, 0.15) is 5.75 Å². The van der Waals surface area contributed by atoms with E-state index in [1.54, 1.807) is 19.1 Å². The number of urea groups is 1. The first kappa shape index (κ1) is 17.5. The van der Waals surface area contributed by atoms with Crippen LogP contribution in [0, 0.1) is 0 Å². The first-order valence-corrected chi connectivity index (χ1v) is 8.33. The van der Waals surface area contributed by atoms with Crippen LogP contribution < -0.4 is 10.6 Å². The maximum atomic E-state index is 12.6. The van der Waals surface area contributed by atoms with Crippen molar-refractivity contribution >= 4 is 12.0 Å². The molecule has 1 atom stereocenters. The number of phenolic OH excluding ortho intramolecular Hbond substituents is 1. The van der Waals surface area contributed by atoms with E-state index in [1.807, 2.05) is 30.3 Å². The Hall–Kier alpha value is -3.28. The molecule has 134 valence electrons. The number of benzene rings is 2. The summed E-state index contributed by atoms with van der Waals surface area (Å²) < 4.78 is 5.42. The Morgan fingerprint density at radius 2 is 1.92 bits per heavy atom. The standard InChI is InChI=1S/C20H20N2O4/c1-13-17(19(24)26-11-10-14-6-3-2-4-7-14)18(22-20(25)21-13)15-8-5-9-16(23)12-15/h2-9,12,18,23H,10-11H2,1H3,(H2,21,22,25)/t18-/m0/s1. The topological polar surface area (TPSA) is 87.7 Å². The summed E-state index contributed by atoms with van der Waals surface area (Å²) in [5.41, 5.74) is 2.44. The zero-order valence-electron chi connectivity index (χ0n) is 14.4. The molecule has 0 spiro atoms. The molecule has 6 nitrogen and oxygen atoms in total. The van der Waals surface area contributed by atoms with Crippen molar-refractivity contribution in [2.45, 2.75) is 19.4 Å². The summed E-state index contributed by atoms with van der Waals surface area (Å²) in [4.78, 5) is 24.5. The fourth-order valence-corrected chi connectivity index (χ4v) is 2.90. The fraction of sp³-hybridized carbons (Fsp3) is 0.200. The summed E-state index contributed by atoms with van der Waals surface area (Å²) in [5.74, 6) is -0.441. The van der Waals surface area contributed by atoms with Crippen LogP contribution in [0.15, 0.2) is 65.9 Å². The number of carbonyl (C=O) groups excluding carboxylic acids is 2. The molecule has 0 saturated heterocycles. The summed E-state index contributed by atoms with van der Waals surface area (Å²) >= 11 is 0. The van der Waals surface area contributed by atoms with Gasteiger partial charge in [-0.1, -0.05) is 42.5 Å². The summed E-state index contributed by atoms with van der Waals surface area (Å²) in [6.07, 6.45) is 0.607. The molecule has 1 heterocycles. The van der Waals surface area contributed by atoms with Crippen LogP contribution in [-0.2, 0) is 16.0 Å². The predicted octanol–water partition coefficient (Wildman–Crippen LogP) is 2.81. The van der Waals surface area contributed by atoms with E-state index < -0.39 is 18.0 Å². The Morgan fingerprint density at radius 3 is 2.65 bits per heavy atom. The van der Waals surface area contributed by atoms with Crippen LogP contribution in [0.4, 0.5) is 4.79 Å². The highest BCUT2D eigenvalue weighted by Crippen LogP contribution is 2.29. The van der Waals surface area contributed by atoms with Crippen LogP contribution in [0.2, 0.25) is 0 Å². The number of amides is 2. The number of rotatable bonds is 5. The lowest BCUT2D eigenvalue weighted by atomic mass is 9.95. The van der Waals surface area contributed by atoms with Gasteiger partial charge in [-0.05, 0) is 30.2 Å². The zero-order chi connectivity index (χ0) is 18.5. The van der Waals surface area contributed by atoms with Crippen molar-refractivity contribution in [2.75, 3.05) is 6.61 Å². The number of esters is 1. The molecule has 2 aromatic rings. The van der Waals surface area contributed by atoms with E-state index in [1.165, 1.54) is 12.1 Å². The second-order valence-electron chi connectivity index (χ2n) is 6.04. The lowest BCUT2D eigenvalue weighted by Gasteiger charge is -2.28. The van der Waals surface area contributed by atoms with Crippen molar-refractivity contribution in [3.05, 3.63) is 77.0 Å². The van der Waals surface area contributed by atoms with E-state index in [0.717, 1.165) is 5.56 Å². The van der Waals surface area contributed by atoms with Gasteiger partial charge in [0.25, 0.3) is 0 Å². The molecule has 0 aliphatic carbocycles. The lowest BCUT2D eigenvalue weighted by Crippen LogP contribution is -2.45. The third-order valence-electron chi connectivity index (χ3n) is 4.16. The molecule has 0 fully saturated rings. The largest absolute Gasteiger partial charge is 0.508 e. The Balaban J connectivity index is 1.76. The van der Waals surface area contributed by atoms with Gasteiger partial charge in [0, 0.05) is 12.1 Å². The van der Waals surface area contributed by atoms with Gasteiger partial charge in [-0.2, -0.15) is 0 Å². The van der Waals surface area contributed by atoms with Crippen LogP contribution in [-0.4, -0.2) is 23.7 Å².